The van der Waals surface area contributed by atoms with Gasteiger partial charge in [0.05, 0.1) is 6.10 Å². The van der Waals surface area contributed by atoms with Gasteiger partial charge in [0.1, 0.15) is 0 Å². The largest absolute Gasteiger partial charge is 0.381 e. The molecule has 1 N–H and O–H groups in total. The zero-order valence-electron chi connectivity index (χ0n) is 13.6. The smallest absolute Gasteiger partial charge is 0.0595 e. The van der Waals surface area contributed by atoms with Crippen LogP contribution in [-0.4, -0.2) is 50.3 Å². The first-order valence-corrected chi connectivity index (χ1v) is 9.33. The van der Waals surface area contributed by atoms with Crippen LogP contribution in [0.25, 0.3) is 0 Å². The lowest BCUT2D eigenvalue weighted by molar-refractivity contribution is 0.0409. The summed E-state index contributed by atoms with van der Waals surface area (Å²) >= 11 is 0. The van der Waals surface area contributed by atoms with Gasteiger partial charge in [-0.1, -0.05) is 6.42 Å². The van der Waals surface area contributed by atoms with Gasteiger partial charge in [-0.05, 0) is 62.2 Å². The van der Waals surface area contributed by atoms with E-state index in [9.17, 15) is 0 Å². The number of nitrogens with zero attached hydrogens (tertiary/aromatic N) is 1. The number of piperidine rings is 1. The monoisotopic (exact) mass is 292 g/mol. The van der Waals surface area contributed by atoms with Crippen molar-refractivity contribution in [2.75, 3.05) is 33.3 Å². The Morgan fingerprint density at radius 3 is 2.62 bits per heavy atom. The first-order chi connectivity index (χ1) is 10.3. The molecule has 120 valence electrons. The molecular formula is C18H32N2O. The summed E-state index contributed by atoms with van der Waals surface area (Å²) in [5, 5.41) is 3.93. The maximum atomic E-state index is 5.46. The van der Waals surface area contributed by atoms with E-state index in [1.54, 1.807) is 12.8 Å². The molecule has 0 spiro atoms. The average Bonchev–Trinajstić information content (AvgIpc) is 3.20. The van der Waals surface area contributed by atoms with Gasteiger partial charge in [-0.2, -0.15) is 0 Å². The predicted molar refractivity (Wildman–Crippen MR) is 85.3 cm³/mol. The molecule has 4 aliphatic rings. The summed E-state index contributed by atoms with van der Waals surface area (Å²) in [7, 11) is 1.85. The van der Waals surface area contributed by atoms with Crippen LogP contribution in [0.1, 0.15) is 44.9 Å². The second-order valence-electron chi connectivity index (χ2n) is 7.99. The SMILES string of the molecule is COC1CCN(CCN[C@@H]2C[C@H]3C[C@H]2[C@@H]2CCC[C@H]32)CC1. The van der Waals surface area contributed by atoms with Gasteiger partial charge in [-0.15, -0.1) is 0 Å². The van der Waals surface area contributed by atoms with Gasteiger partial charge in [0.15, 0.2) is 0 Å². The lowest BCUT2D eigenvalue weighted by Gasteiger charge is -2.34. The van der Waals surface area contributed by atoms with Gasteiger partial charge in [-0.3, -0.25) is 0 Å². The zero-order valence-corrected chi connectivity index (χ0v) is 13.6. The standard InChI is InChI=1S/C18H32N2O/c1-21-14-5-8-20(9-6-14)10-7-19-18-12-13-11-17(18)16-4-2-3-15(13)16/h13-19H,2-12H2,1H3/t13-,15-,16-,17+,18-/m1/s1. The van der Waals surface area contributed by atoms with Crippen molar-refractivity contribution in [3.8, 4) is 0 Å². The Bertz CT molecular complexity index is 353. The fourth-order valence-corrected chi connectivity index (χ4v) is 6.08. The summed E-state index contributed by atoms with van der Waals surface area (Å²) in [6, 6.07) is 0.853. The molecule has 3 saturated carbocycles. The van der Waals surface area contributed by atoms with Gasteiger partial charge in [-0.25, -0.2) is 0 Å². The second-order valence-corrected chi connectivity index (χ2v) is 7.99. The fourth-order valence-electron chi connectivity index (χ4n) is 6.08. The van der Waals surface area contributed by atoms with E-state index in [1.807, 2.05) is 7.11 Å². The molecule has 0 amide bonds. The maximum Gasteiger partial charge on any atom is 0.0595 e. The highest BCUT2D eigenvalue weighted by molar-refractivity contribution is 5.05. The summed E-state index contributed by atoms with van der Waals surface area (Å²) in [4.78, 5) is 2.62. The summed E-state index contributed by atoms with van der Waals surface area (Å²) in [5.74, 6) is 4.33. The van der Waals surface area contributed by atoms with Crippen molar-refractivity contribution in [1.29, 1.82) is 0 Å². The van der Waals surface area contributed by atoms with Gasteiger partial charge >= 0.3 is 0 Å². The van der Waals surface area contributed by atoms with Crippen molar-refractivity contribution in [1.82, 2.24) is 10.2 Å². The highest BCUT2D eigenvalue weighted by Crippen LogP contribution is 2.58. The van der Waals surface area contributed by atoms with E-state index >= 15 is 0 Å². The maximum absolute atomic E-state index is 5.46. The van der Waals surface area contributed by atoms with Crippen molar-refractivity contribution in [3.05, 3.63) is 0 Å². The Morgan fingerprint density at radius 2 is 1.81 bits per heavy atom. The molecular weight excluding hydrogens is 260 g/mol. The summed E-state index contributed by atoms with van der Waals surface area (Å²) in [6.45, 7) is 4.88. The number of likely N-dealkylation sites (tertiary alicyclic amines) is 1. The third-order valence-corrected chi connectivity index (χ3v) is 7.13. The van der Waals surface area contributed by atoms with Crippen molar-refractivity contribution in [2.45, 2.75) is 57.1 Å². The van der Waals surface area contributed by atoms with Crippen LogP contribution in [-0.2, 0) is 4.74 Å². The molecule has 0 radical (unpaired) electrons. The third kappa shape index (κ3) is 2.77. The Balaban J connectivity index is 1.19. The quantitative estimate of drug-likeness (QED) is 0.842. The van der Waals surface area contributed by atoms with Crippen molar-refractivity contribution in [2.24, 2.45) is 23.7 Å². The fraction of sp³-hybridized carbons (Fsp3) is 1.00. The molecule has 0 aromatic heterocycles. The first-order valence-electron chi connectivity index (χ1n) is 9.33. The van der Waals surface area contributed by atoms with Crippen LogP contribution in [0.2, 0.25) is 0 Å². The zero-order chi connectivity index (χ0) is 14.2. The summed E-state index contributed by atoms with van der Waals surface area (Å²) in [6.07, 6.45) is 10.6. The van der Waals surface area contributed by atoms with E-state index in [-0.39, 0.29) is 0 Å². The molecule has 3 nitrogen and oxygen atoms in total. The Kier molecular flexibility index (Phi) is 4.25. The van der Waals surface area contributed by atoms with Crippen LogP contribution >= 0.6 is 0 Å². The number of nitrogens with one attached hydrogen (secondary N) is 1. The molecule has 2 bridgehead atoms. The van der Waals surface area contributed by atoms with E-state index in [1.165, 1.54) is 58.3 Å². The number of ether oxygens (including phenoxy) is 1. The van der Waals surface area contributed by atoms with Crippen molar-refractivity contribution >= 4 is 0 Å². The lowest BCUT2D eigenvalue weighted by Crippen LogP contribution is -2.44. The number of methoxy groups -OCH3 is 1. The Hall–Kier alpha value is -0.120. The topological polar surface area (TPSA) is 24.5 Å². The third-order valence-electron chi connectivity index (χ3n) is 7.13. The van der Waals surface area contributed by atoms with E-state index in [0.29, 0.717) is 6.10 Å². The Morgan fingerprint density at radius 1 is 1.00 bits per heavy atom. The van der Waals surface area contributed by atoms with Crippen molar-refractivity contribution in [3.63, 3.8) is 0 Å². The molecule has 1 aliphatic heterocycles. The van der Waals surface area contributed by atoms with Crippen LogP contribution in [0.4, 0.5) is 0 Å². The molecule has 4 rings (SSSR count). The highest BCUT2D eigenvalue weighted by atomic mass is 16.5. The molecule has 0 aromatic carbocycles. The van der Waals surface area contributed by atoms with E-state index < -0.39 is 0 Å². The Labute approximate surface area is 129 Å². The molecule has 21 heavy (non-hydrogen) atoms. The molecule has 1 saturated heterocycles. The van der Waals surface area contributed by atoms with Crippen LogP contribution in [0, 0.1) is 23.7 Å². The van der Waals surface area contributed by atoms with E-state index in [0.717, 1.165) is 29.7 Å². The molecule has 0 aromatic rings. The minimum Gasteiger partial charge on any atom is -0.381 e. The lowest BCUT2D eigenvalue weighted by atomic mass is 9.79. The molecule has 5 atom stereocenters. The van der Waals surface area contributed by atoms with Crippen LogP contribution < -0.4 is 5.32 Å². The summed E-state index contributed by atoms with van der Waals surface area (Å²) in [5.41, 5.74) is 0. The second kappa shape index (κ2) is 6.17. The van der Waals surface area contributed by atoms with Gasteiger partial charge in [0.25, 0.3) is 0 Å². The molecule has 1 heterocycles. The average molecular weight is 292 g/mol. The molecule has 3 heteroatoms. The van der Waals surface area contributed by atoms with Crippen LogP contribution in [0.15, 0.2) is 0 Å². The van der Waals surface area contributed by atoms with Gasteiger partial charge in [0.2, 0.25) is 0 Å². The highest BCUT2D eigenvalue weighted by Gasteiger charge is 2.53. The number of rotatable bonds is 5. The van der Waals surface area contributed by atoms with Crippen molar-refractivity contribution < 1.29 is 4.74 Å². The first kappa shape index (κ1) is 14.5. The molecule has 4 fully saturated rings. The number of fused-ring (bicyclic) bond motifs is 5. The number of hydrogen-bond acceptors (Lipinski definition) is 3. The van der Waals surface area contributed by atoms with Gasteiger partial charge < -0.3 is 15.0 Å². The van der Waals surface area contributed by atoms with E-state index in [4.69, 9.17) is 4.74 Å². The normalized spacial score (nSPS) is 43.6. The van der Waals surface area contributed by atoms with Crippen LogP contribution in [0.5, 0.6) is 0 Å². The number of hydrogen-bond donors (Lipinski definition) is 1. The van der Waals surface area contributed by atoms with Gasteiger partial charge in [0, 0.05) is 39.3 Å². The predicted octanol–water partition coefficient (Wildman–Crippen LogP) is 2.51. The van der Waals surface area contributed by atoms with Crippen LogP contribution in [0.3, 0.4) is 0 Å². The minimum atomic E-state index is 0.513. The molecule has 3 aliphatic carbocycles. The summed E-state index contributed by atoms with van der Waals surface area (Å²) < 4.78 is 5.46. The van der Waals surface area contributed by atoms with E-state index in [2.05, 4.69) is 10.2 Å². The minimum absolute atomic E-state index is 0.513. The molecule has 0 unspecified atom stereocenters.